The third-order valence-corrected chi connectivity index (χ3v) is 3.89. The maximum atomic E-state index is 12.4. The summed E-state index contributed by atoms with van der Waals surface area (Å²) in [5, 5.41) is 12.6. The molecule has 0 saturated carbocycles. The van der Waals surface area contributed by atoms with Crippen LogP contribution in [-0.2, 0) is 13.0 Å². The number of nitrogens with one attached hydrogen (secondary N) is 1. The summed E-state index contributed by atoms with van der Waals surface area (Å²) >= 11 is 0. The van der Waals surface area contributed by atoms with E-state index in [0.29, 0.717) is 30.2 Å². The van der Waals surface area contributed by atoms with Crippen molar-refractivity contribution in [2.24, 2.45) is 0 Å². The fraction of sp³-hybridized carbons (Fsp3) is 0.150. The molecule has 2 N–H and O–H groups in total. The Bertz CT molecular complexity index is 884. The van der Waals surface area contributed by atoms with Crippen LogP contribution in [0.2, 0.25) is 0 Å². The molecular formula is C20H20N4O2. The van der Waals surface area contributed by atoms with Gasteiger partial charge in [0.25, 0.3) is 0 Å². The van der Waals surface area contributed by atoms with Crippen LogP contribution in [0.4, 0.5) is 10.6 Å². The fourth-order valence-corrected chi connectivity index (χ4v) is 2.51. The molecule has 132 valence electrons. The molecule has 1 heterocycles. The van der Waals surface area contributed by atoms with Gasteiger partial charge in [0.05, 0.1) is 6.54 Å². The first kappa shape index (κ1) is 17.4. The van der Waals surface area contributed by atoms with Gasteiger partial charge in [0.15, 0.2) is 0 Å². The summed E-state index contributed by atoms with van der Waals surface area (Å²) in [5.41, 5.74) is 1.78. The highest BCUT2D eigenvalue weighted by Gasteiger charge is 2.12. The molecule has 0 aliphatic carbocycles. The van der Waals surface area contributed by atoms with Gasteiger partial charge in [-0.3, -0.25) is 5.32 Å². The number of urea groups is 1. The largest absolute Gasteiger partial charge is 0.508 e. The number of aromatic hydroxyl groups is 1. The first-order valence-electron chi connectivity index (χ1n) is 8.26. The molecule has 1 aromatic heterocycles. The van der Waals surface area contributed by atoms with Crippen molar-refractivity contribution in [2.45, 2.75) is 13.0 Å². The number of hydrogen-bond donors (Lipinski definition) is 2. The number of amides is 2. The minimum Gasteiger partial charge on any atom is -0.508 e. The Morgan fingerprint density at radius 2 is 1.81 bits per heavy atom. The van der Waals surface area contributed by atoms with Crippen LogP contribution in [0.15, 0.2) is 66.9 Å². The second kappa shape index (κ2) is 8.11. The molecule has 0 aliphatic rings. The highest BCUT2D eigenvalue weighted by Crippen LogP contribution is 2.17. The van der Waals surface area contributed by atoms with E-state index in [2.05, 4.69) is 15.3 Å². The monoisotopic (exact) mass is 348 g/mol. The normalized spacial score (nSPS) is 10.3. The highest BCUT2D eigenvalue weighted by atomic mass is 16.3. The number of nitrogens with zero attached hydrogens (tertiary/aromatic N) is 3. The fourth-order valence-electron chi connectivity index (χ4n) is 2.51. The Kier molecular flexibility index (Phi) is 5.43. The van der Waals surface area contributed by atoms with E-state index in [4.69, 9.17) is 0 Å². The molecule has 3 rings (SSSR count). The zero-order valence-corrected chi connectivity index (χ0v) is 14.5. The van der Waals surface area contributed by atoms with Crippen molar-refractivity contribution in [2.75, 3.05) is 12.4 Å². The lowest BCUT2D eigenvalue weighted by atomic mass is 10.1. The van der Waals surface area contributed by atoms with Crippen LogP contribution in [0.3, 0.4) is 0 Å². The lowest BCUT2D eigenvalue weighted by molar-refractivity contribution is 0.220. The van der Waals surface area contributed by atoms with Crippen molar-refractivity contribution in [1.82, 2.24) is 14.9 Å². The van der Waals surface area contributed by atoms with Crippen molar-refractivity contribution >= 4 is 11.8 Å². The molecule has 6 nitrogen and oxygen atoms in total. The molecule has 0 aliphatic heterocycles. The van der Waals surface area contributed by atoms with E-state index in [1.165, 1.54) is 4.90 Å². The van der Waals surface area contributed by atoms with Crippen LogP contribution in [0, 0.1) is 0 Å². The van der Waals surface area contributed by atoms with E-state index in [-0.39, 0.29) is 11.8 Å². The number of anilines is 1. The highest BCUT2D eigenvalue weighted by molar-refractivity contribution is 5.88. The smallest absolute Gasteiger partial charge is 0.323 e. The van der Waals surface area contributed by atoms with Gasteiger partial charge in [-0.05, 0) is 17.7 Å². The maximum Gasteiger partial charge on any atom is 0.323 e. The molecule has 0 fully saturated rings. The van der Waals surface area contributed by atoms with Gasteiger partial charge in [-0.2, -0.15) is 0 Å². The number of rotatable bonds is 5. The van der Waals surface area contributed by atoms with Crippen LogP contribution in [0.5, 0.6) is 5.75 Å². The van der Waals surface area contributed by atoms with Gasteiger partial charge < -0.3 is 10.0 Å². The summed E-state index contributed by atoms with van der Waals surface area (Å²) in [5.74, 6) is 1.25. The van der Waals surface area contributed by atoms with E-state index in [1.807, 2.05) is 36.4 Å². The molecule has 6 heteroatoms. The number of phenols is 1. The minimum atomic E-state index is -0.308. The van der Waals surface area contributed by atoms with Gasteiger partial charge in [0.2, 0.25) is 0 Å². The number of benzene rings is 2. The molecule has 0 unspecified atom stereocenters. The second-order valence-electron chi connectivity index (χ2n) is 5.94. The number of aromatic nitrogens is 2. The standard InChI is InChI=1S/C20H20N4O2/c1-24(14-16-9-5-6-10-17(16)25)20(26)23-18-11-12-21-19(22-18)13-15-7-3-2-4-8-15/h2-12,25H,13-14H2,1H3,(H,21,22,23,26). The van der Waals surface area contributed by atoms with Gasteiger partial charge in [-0.1, -0.05) is 48.5 Å². The number of carbonyl (C=O) groups is 1. The van der Waals surface area contributed by atoms with Crippen LogP contribution in [-0.4, -0.2) is 33.1 Å². The Labute approximate surface area is 152 Å². The molecule has 0 radical (unpaired) electrons. The van der Waals surface area contributed by atoms with Gasteiger partial charge in [0, 0.05) is 25.2 Å². The van der Waals surface area contributed by atoms with E-state index < -0.39 is 0 Å². The Morgan fingerprint density at radius 1 is 1.08 bits per heavy atom. The van der Waals surface area contributed by atoms with Crippen molar-refractivity contribution in [3.05, 3.63) is 83.8 Å². The van der Waals surface area contributed by atoms with Gasteiger partial charge >= 0.3 is 6.03 Å². The zero-order chi connectivity index (χ0) is 18.4. The summed E-state index contributed by atoms with van der Waals surface area (Å²) in [6.07, 6.45) is 2.22. The summed E-state index contributed by atoms with van der Waals surface area (Å²) in [7, 11) is 1.66. The summed E-state index contributed by atoms with van der Waals surface area (Å²) < 4.78 is 0. The quantitative estimate of drug-likeness (QED) is 0.740. The number of carbonyl (C=O) groups excluding carboxylic acids is 1. The van der Waals surface area contributed by atoms with Crippen molar-refractivity contribution in [3.63, 3.8) is 0 Å². The lowest BCUT2D eigenvalue weighted by Gasteiger charge is -2.18. The molecule has 0 saturated heterocycles. The summed E-state index contributed by atoms with van der Waals surface area (Å²) in [4.78, 5) is 22.5. The minimum absolute atomic E-state index is 0.166. The van der Waals surface area contributed by atoms with Crippen molar-refractivity contribution < 1.29 is 9.90 Å². The topological polar surface area (TPSA) is 78.4 Å². The lowest BCUT2D eigenvalue weighted by Crippen LogP contribution is -2.31. The number of hydrogen-bond acceptors (Lipinski definition) is 4. The van der Waals surface area contributed by atoms with Crippen LogP contribution in [0.25, 0.3) is 0 Å². The number of para-hydroxylation sites is 1. The van der Waals surface area contributed by atoms with Crippen LogP contribution in [0.1, 0.15) is 17.0 Å². The van der Waals surface area contributed by atoms with Crippen molar-refractivity contribution in [1.29, 1.82) is 0 Å². The maximum absolute atomic E-state index is 12.4. The van der Waals surface area contributed by atoms with Crippen LogP contribution >= 0.6 is 0 Å². The molecule has 0 spiro atoms. The Hall–Kier alpha value is -3.41. The van der Waals surface area contributed by atoms with E-state index >= 15 is 0 Å². The first-order chi connectivity index (χ1) is 12.6. The average molecular weight is 348 g/mol. The van der Waals surface area contributed by atoms with Gasteiger partial charge in [0.1, 0.15) is 17.4 Å². The molecule has 2 amide bonds. The third-order valence-electron chi connectivity index (χ3n) is 3.89. The molecule has 0 bridgehead atoms. The average Bonchev–Trinajstić information content (AvgIpc) is 2.64. The Balaban J connectivity index is 1.64. The van der Waals surface area contributed by atoms with Crippen LogP contribution < -0.4 is 5.32 Å². The molecule has 0 atom stereocenters. The third kappa shape index (κ3) is 4.57. The zero-order valence-electron chi connectivity index (χ0n) is 14.5. The van der Waals surface area contributed by atoms with Crippen molar-refractivity contribution in [3.8, 4) is 5.75 Å². The summed E-state index contributed by atoms with van der Waals surface area (Å²) in [6.45, 7) is 0.292. The molecule has 2 aromatic carbocycles. The molecular weight excluding hydrogens is 328 g/mol. The summed E-state index contributed by atoms with van der Waals surface area (Å²) in [6, 6.07) is 18.2. The van der Waals surface area contributed by atoms with Gasteiger partial charge in [-0.25, -0.2) is 14.8 Å². The van der Waals surface area contributed by atoms with Gasteiger partial charge in [-0.15, -0.1) is 0 Å². The molecule has 26 heavy (non-hydrogen) atoms. The SMILES string of the molecule is CN(Cc1ccccc1O)C(=O)Nc1ccnc(Cc2ccccc2)n1. The Morgan fingerprint density at radius 3 is 2.58 bits per heavy atom. The van der Waals surface area contributed by atoms with E-state index in [9.17, 15) is 9.90 Å². The second-order valence-corrected chi connectivity index (χ2v) is 5.94. The van der Waals surface area contributed by atoms with E-state index in [1.54, 1.807) is 37.5 Å². The predicted octanol–water partition coefficient (Wildman–Crippen LogP) is 3.44. The first-order valence-corrected chi connectivity index (χ1v) is 8.26. The molecule has 3 aromatic rings. The number of phenolic OH excluding ortho intramolecular Hbond substituents is 1. The van der Waals surface area contributed by atoms with E-state index in [0.717, 1.165) is 5.56 Å². The predicted molar refractivity (Wildman–Crippen MR) is 99.9 cm³/mol.